The van der Waals surface area contributed by atoms with Crippen LogP contribution in [0.3, 0.4) is 0 Å². The molecule has 0 unspecified atom stereocenters. The van der Waals surface area contributed by atoms with E-state index in [1.807, 2.05) is 45.9 Å². The van der Waals surface area contributed by atoms with E-state index in [4.69, 9.17) is 4.74 Å². The third kappa shape index (κ3) is 3.81. The Labute approximate surface area is 117 Å². The van der Waals surface area contributed by atoms with Crippen molar-refractivity contribution < 1.29 is 9.53 Å². The van der Waals surface area contributed by atoms with E-state index in [1.54, 1.807) is 16.9 Å². The molecule has 106 valence electrons. The average molecular weight is 274 g/mol. The molecule has 6 nitrogen and oxygen atoms in total. The molecule has 0 aromatic carbocycles. The van der Waals surface area contributed by atoms with Crippen LogP contribution in [0.25, 0.3) is 5.82 Å². The van der Waals surface area contributed by atoms with E-state index in [0.717, 1.165) is 5.69 Å². The first kappa shape index (κ1) is 14.0. The molecule has 20 heavy (non-hydrogen) atoms. The van der Waals surface area contributed by atoms with E-state index in [0.29, 0.717) is 11.6 Å². The summed E-state index contributed by atoms with van der Waals surface area (Å²) in [6, 6.07) is 7.35. The number of nitrogens with zero attached hydrogens (tertiary/aromatic N) is 3. The molecule has 0 aliphatic rings. The van der Waals surface area contributed by atoms with Gasteiger partial charge < -0.3 is 4.74 Å². The smallest absolute Gasteiger partial charge is 0.413 e. The Morgan fingerprint density at radius 3 is 2.70 bits per heavy atom. The summed E-state index contributed by atoms with van der Waals surface area (Å²) in [6.07, 6.45) is 1.20. The van der Waals surface area contributed by atoms with Crippen LogP contribution in [0.2, 0.25) is 0 Å². The molecule has 0 saturated carbocycles. The molecule has 0 spiro atoms. The lowest BCUT2D eigenvalue weighted by Crippen LogP contribution is -2.27. The van der Waals surface area contributed by atoms with Crippen molar-refractivity contribution in [1.82, 2.24) is 14.8 Å². The van der Waals surface area contributed by atoms with Crippen LogP contribution in [0.15, 0.2) is 30.5 Å². The van der Waals surface area contributed by atoms with Gasteiger partial charge in [0.05, 0.1) is 0 Å². The monoisotopic (exact) mass is 274 g/mol. The van der Waals surface area contributed by atoms with Crippen LogP contribution in [-0.4, -0.2) is 26.5 Å². The zero-order chi connectivity index (χ0) is 14.8. The molecular formula is C14H18N4O2. The maximum atomic E-state index is 11.6. The molecule has 1 amide bonds. The van der Waals surface area contributed by atoms with Gasteiger partial charge in [-0.2, -0.15) is 0 Å². The fraction of sp³-hybridized carbons (Fsp3) is 0.357. The number of rotatable bonds is 2. The Kier molecular flexibility index (Phi) is 3.74. The van der Waals surface area contributed by atoms with Crippen molar-refractivity contribution in [3.63, 3.8) is 0 Å². The quantitative estimate of drug-likeness (QED) is 0.914. The number of carbonyl (C=O) groups is 1. The molecule has 1 N–H and O–H groups in total. The fourth-order valence-electron chi connectivity index (χ4n) is 1.58. The Hall–Kier alpha value is -2.37. The summed E-state index contributed by atoms with van der Waals surface area (Å²) in [6.45, 7) is 7.33. The van der Waals surface area contributed by atoms with Crippen molar-refractivity contribution in [2.45, 2.75) is 33.3 Å². The summed E-state index contributed by atoms with van der Waals surface area (Å²) in [5.74, 6) is 1.12. The molecule has 2 heterocycles. The van der Waals surface area contributed by atoms with Crippen molar-refractivity contribution in [2.24, 2.45) is 0 Å². The second-order valence-corrected chi connectivity index (χ2v) is 5.41. The standard InChI is InChI=1S/C14H18N4O2/c1-10-6-5-7-12(15-10)18-9-8-11(17-18)16-13(19)20-14(2,3)4/h5-9H,1-4H3,(H,16,17,19). The normalized spacial score (nSPS) is 11.2. The molecule has 2 aromatic rings. The highest BCUT2D eigenvalue weighted by Gasteiger charge is 2.17. The average Bonchev–Trinajstić information content (AvgIpc) is 2.74. The van der Waals surface area contributed by atoms with E-state index in [9.17, 15) is 4.79 Å². The van der Waals surface area contributed by atoms with E-state index < -0.39 is 11.7 Å². The van der Waals surface area contributed by atoms with E-state index in [-0.39, 0.29) is 0 Å². The number of carbonyl (C=O) groups excluding carboxylic acids is 1. The van der Waals surface area contributed by atoms with Crippen molar-refractivity contribution in [3.8, 4) is 5.82 Å². The lowest BCUT2D eigenvalue weighted by atomic mass is 10.2. The minimum atomic E-state index is -0.537. The first-order chi connectivity index (χ1) is 9.33. The number of hydrogen-bond acceptors (Lipinski definition) is 4. The van der Waals surface area contributed by atoms with Gasteiger partial charge in [-0.3, -0.25) is 5.32 Å². The van der Waals surface area contributed by atoms with Crippen molar-refractivity contribution in [1.29, 1.82) is 0 Å². The van der Waals surface area contributed by atoms with Crippen LogP contribution < -0.4 is 5.32 Å². The maximum absolute atomic E-state index is 11.6. The highest BCUT2D eigenvalue weighted by molar-refractivity contribution is 5.83. The summed E-state index contributed by atoms with van der Waals surface area (Å²) >= 11 is 0. The zero-order valence-corrected chi connectivity index (χ0v) is 12.0. The lowest BCUT2D eigenvalue weighted by molar-refractivity contribution is 0.0635. The Bertz CT molecular complexity index is 614. The van der Waals surface area contributed by atoms with Gasteiger partial charge in [0.15, 0.2) is 11.6 Å². The van der Waals surface area contributed by atoms with Crippen LogP contribution in [0.5, 0.6) is 0 Å². The van der Waals surface area contributed by atoms with Gasteiger partial charge in [-0.25, -0.2) is 14.5 Å². The molecular weight excluding hydrogens is 256 g/mol. The minimum absolute atomic E-state index is 0.419. The van der Waals surface area contributed by atoms with Gasteiger partial charge in [0, 0.05) is 18.0 Å². The van der Waals surface area contributed by atoms with Crippen LogP contribution >= 0.6 is 0 Å². The van der Waals surface area contributed by atoms with Crippen molar-refractivity contribution >= 4 is 11.9 Å². The predicted octanol–water partition coefficient (Wildman–Crippen LogP) is 2.92. The molecule has 0 saturated heterocycles. The topological polar surface area (TPSA) is 69.0 Å². The van der Waals surface area contributed by atoms with Crippen LogP contribution in [-0.2, 0) is 4.74 Å². The largest absolute Gasteiger partial charge is 0.444 e. The number of aryl methyl sites for hydroxylation is 1. The molecule has 0 bridgehead atoms. The van der Waals surface area contributed by atoms with Gasteiger partial charge in [0.25, 0.3) is 0 Å². The molecule has 0 atom stereocenters. The van der Waals surface area contributed by atoms with Gasteiger partial charge in [0.1, 0.15) is 5.60 Å². The zero-order valence-electron chi connectivity index (χ0n) is 12.0. The first-order valence-corrected chi connectivity index (χ1v) is 6.33. The van der Waals surface area contributed by atoms with Gasteiger partial charge in [-0.05, 0) is 39.8 Å². The first-order valence-electron chi connectivity index (χ1n) is 6.33. The molecule has 6 heteroatoms. The molecule has 0 fully saturated rings. The summed E-state index contributed by atoms with van der Waals surface area (Å²) in [5.41, 5.74) is 0.365. The van der Waals surface area contributed by atoms with Gasteiger partial charge >= 0.3 is 6.09 Å². The van der Waals surface area contributed by atoms with E-state index in [1.165, 1.54) is 0 Å². The highest BCUT2D eigenvalue weighted by atomic mass is 16.6. The number of hydrogen-bond donors (Lipinski definition) is 1. The number of amides is 1. The summed E-state index contributed by atoms with van der Waals surface area (Å²) in [5, 5.41) is 6.82. The summed E-state index contributed by atoms with van der Waals surface area (Å²) in [7, 11) is 0. The number of aromatic nitrogens is 3. The number of anilines is 1. The Morgan fingerprint density at radius 2 is 2.05 bits per heavy atom. The van der Waals surface area contributed by atoms with Gasteiger partial charge in [-0.15, -0.1) is 5.10 Å². The summed E-state index contributed by atoms with van der Waals surface area (Å²) in [4.78, 5) is 16.0. The predicted molar refractivity (Wildman–Crippen MR) is 76.0 cm³/mol. The van der Waals surface area contributed by atoms with Crippen LogP contribution in [0.4, 0.5) is 10.6 Å². The number of pyridine rings is 1. The van der Waals surface area contributed by atoms with Gasteiger partial charge in [0.2, 0.25) is 0 Å². The fourth-order valence-corrected chi connectivity index (χ4v) is 1.58. The molecule has 2 rings (SSSR count). The SMILES string of the molecule is Cc1cccc(-n2ccc(NC(=O)OC(C)(C)C)n2)n1. The van der Waals surface area contributed by atoms with Crippen molar-refractivity contribution in [3.05, 3.63) is 36.2 Å². The van der Waals surface area contributed by atoms with Crippen molar-refractivity contribution in [2.75, 3.05) is 5.32 Å². The second kappa shape index (κ2) is 5.32. The van der Waals surface area contributed by atoms with E-state index >= 15 is 0 Å². The molecule has 0 radical (unpaired) electrons. The molecule has 0 aliphatic carbocycles. The minimum Gasteiger partial charge on any atom is -0.444 e. The van der Waals surface area contributed by atoms with Crippen LogP contribution in [0, 0.1) is 6.92 Å². The maximum Gasteiger partial charge on any atom is 0.413 e. The van der Waals surface area contributed by atoms with Gasteiger partial charge in [-0.1, -0.05) is 6.07 Å². The molecule has 2 aromatic heterocycles. The number of ether oxygens (including phenoxy) is 1. The molecule has 0 aliphatic heterocycles. The lowest BCUT2D eigenvalue weighted by Gasteiger charge is -2.19. The van der Waals surface area contributed by atoms with E-state index in [2.05, 4.69) is 15.4 Å². The Morgan fingerprint density at radius 1 is 1.30 bits per heavy atom. The highest BCUT2D eigenvalue weighted by Crippen LogP contribution is 2.12. The van der Waals surface area contributed by atoms with Crippen LogP contribution in [0.1, 0.15) is 26.5 Å². The number of nitrogens with one attached hydrogen (secondary N) is 1. The summed E-state index contributed by atoms with van der Waals surface area (Å²) < 4.78 is 6.76. The third-order valence-corrected chi connectivity index (χ3v) is 2.33. The third-order valence-electron chi connectivity index (χ3n) is 2.33. The Balaban J connectivity index is 2.08. The second-order valence-electron chi connectivity index (χ2n) is 5.41.